The lowest BCUT2D eigenvalue weighted by atomic mass is 9.95. The Labute approximate surface area is 257 Å². The number of alkyl carbamates (subject to hydrolysis) is 1. The minimum Gasteiger partial charge on any atom is -0.444 e. The van der Waals surface area contributed by atoms with Crippen molar-refractivity contribution in [1.29, 1.82) is 0 Å². The molecule has 5 heterocycles. The maximum Gasteiger partial charge on any atom is 0.407 e. The van der Waals surface area contributed by atoms with Gasteiger partial charge < -0.3 is 24.8 Å². The largest absolute Gasteiger partial charge is 0.444 e. The fourth-order valence-corrected chi connectivity index (χ4v) is 7.39. The van der Waals surface area contributed by atoms with E-state index >= 15 is 0 Å². The molecule has 1 amide bonds. The molecular weight excluding hydrogens is 582 g/mol. The number of imidazole rings is 1. The number of hydrogen-bond acceptors (Lipinski definition) is 10. The van der Waals surface area contributed by atoms with E-state index in [0.29, 0.717) is 41.7 Å². The molecule has 0 saturated carbocycles. The Morgan fingerprint density at radius 1 is 1.11 bits per heavy atom. The number of ether oxygens (including phenoxy) is 1. The van der Waals surface area contributed by atoms with Crippen molar-refractivity contribution < 1.29 is 17.9 Å². The van der Waals surface area contributed by atoms with Gasteiger partial charge in [0, 0.05) is 31.2 Å². The van der Waals surface area contributed by atoms with E-state index in [0.717, 1.165) is 12.0 Å². The van der Waals surface area contributed by atoms with E-state index in [2.05, 4.69) is 39.5 Å². The summed E-state index contributed by atoms with van der Waals surface area (Å²) < 4.78 is 33.4. The van der Waals surface area contributed by atoms with Gasteiger partial charge in [-0.15, -0.1) is 0 Å². The van der Waals surface area contributed by atoms with Crippen LogP contribution in [-0.2, 0) is 14.6 Å². The molecule has 3 aromatic heterocycles. The highest BCUT2D eigenvalue weighted by molar-refractivity contribution is 7.92. The monoisotopic (exact) mass is 621 g/mol. The Hall–Kier alpha value is -4.20. The quantitative estimate of drug-likeness (QED) is 0.295. The van der Waals surface area contributed by atoms with Gasteiger partial charge in [-0.3, -0.25) is 4.68 Å². The van der Waals surface area contributed by atoms with Crippen LogP contribution >= 0.6 is 0 Å². The number of carbonyl (C=O) groups excluding carboxylic acids is 1. The standard InChI is InChI=1S/C30H39N9O4S/c1-19(2)38-18-31-24-26(35-28(36-27(24)38)37-12-11-22(14-37)34-29(40)43-30(3,4)5)33-23-13-32-39(15-23)25(20-9-7-6-8-10-20)21-16-44(41,42)17-21/h6-10,13,15,18-19,21-22,25H,11-12,14,16-17H2,1-5H3,(H,34,40)(H,33,35,36)/t22-,25?/m0/s1. The van der Waals surface area contributed by atoms with Crippen LogP contribution in [0.1, 0.15) is 58.7 Å². The van der Waals surface area contributed by atoms with Crippen molar-refractivity contribution in [3.8, 4) is 0 Å². The normalized spacial score (nSPS) is 19.2. The average molecular weight is 622 g/mol. The smallest absolute Gasteiger partial charge is 0.407 e. The van der Waals surface area contributed by atoms with Crippen LogP contribution in [0, 0.1) is 5.92 Å². The van der Waals surface area contributed by atoms with Gasteiger partial charge in [-0.05, 0) is 46.6 Å². The first-order valence-corrected chi connectivity index (χ1v) is 16.7. The van der Waals surface area contributed by atoms with E-state index in [1.807, 2.05) is 66.5 Å². The zero-order chi connectivity index (χ0) is 31.2. The van der Waals surface area contributed by atoms with Gasteiger partial charge in [0.2, 0.25) is 5.95 Å². The van der Waals surface area contributed by atoms with E-state index in [1.54, 1.807) is 12.5 Å². The van der Waals surface area contributed by atoms with Crippen LogP contribution in [0.25, 0.3) is 11.2 Å². The van der Waals surface area contributed by atoms with Crippen LogP contribution in [0.5, 0.6) is 0 Å². The first kappa shape index (κ1) is 29.9. The molecule has 2 atom stereocenters. The van der Waals surface area contributed by atoms with Gasteiger partial charge in [-0.2, -0.15) is 15.1 Å². The number of benzene rings is 1. The summed E-state index contributed by atoms with van der Waals surface area (Å²) in [5.41, 5.74) is 2.46. The van der Waals surface area contributed by atoms with Gasteiger partial charge in [-0.1, -0.05) is 30.3 Å². The van der Waals surface area contributed by atoms with Crippen LogP contribution in [0.4, 0.5) is 22.2 Å². The molecule has 4 aromatic rings. The van der Waals surface area contributed by atoms with E-state index in [4.69, 9.17) is 14.7 Å². The Balaban J connectivity index is 1.27. The minimum atomic E-state index is -3.01. The maximum atomic E-state index is 12.4. The third kappa shape index (κ3) is 6.35. The molecule has 0 aliphatic carbocycles. The molecule has 2 saturated heterocycles. The lowest BCUT2D eigenvalue weighted by Gasteiger charge is -2.33. The predicted octanol–water partition coefficient (Wildman–Crippen LogP) is 4.08. The highest BCUT2D eigenvalue weighted by Gasteiger charge is 2.41. The van der Waals surface area contributed by atoms with E-state index in [1.165, 1.54) is 0 Å². The molecule has 44 heavy (non-hydrogen) atoms. The Bertz CT molecular complexity index is 1750. The number of nitrogens with zero attached hydrogens (tertiary/aromatic N) is 7. The number of hydrogen-bond donors (Lipinski definition) is 2. The zero-order valence-electron chi connectivity index (χ0n) is 25.6. The summed E-state index contributed by atoms with van der Waals surface area (Å²) in [5, 5.41) is 11.0. The molecule has 0 bridgehead atoms. The van der Waals surface area contributed by atoms with E-state index in [9.17, 15) is 13.2 Å². The number of nitrogens with one attached hydrogen (secondary N) is 2. The van der Waals surface area contributed by atoms with Crippen molar-refractivity contribution in [2.24, 2.45) is 5.92 Å². The van der Waals surface area contributed by atoms with Gasteiger partial charge in [0.25, 0.3) is 0 Å². The first-order chi connectivity index (χ1) is 20.8. The van der Waals surface area contributed by atoms with Crippen LogP contribution < -0.4 is 15.5 Å². The second kappa shape index (κ2) is 11.4. The summed E-state index contributed by atoms with van der Waals surface area (Å²) in [6, 6.07) is 9.67. The summed E-state index contributed by atoms with van der Waals surface area (Å²) in [6.07, 6.45) is 5.66. The molecule has 6 rings (SSSR count). The van der Waals surface area contributed by atoms with Crippen LogP contribution in [-0.4, -0.2) is 80.0 Å². The number of carbonyl (C=O) groups is 1. The molecule has 0 spiro atoms. The summed E-state index contributed by atoms with van der Waals surface area (Å²) in [6.45, 7) is 10.9. The molecular formula is C30H39N9O4S. The fraction of sp³-hybridized carbons (Fsp3) is 0.500. The molecule has 13 nitrogen and oxygen atoms in total. The number of anilines is 3. The van der Waals surface area contributed by atoms with Gasteiger partial charge in [0.05, 0.1) is 41.8 Å². The average Bonchev–Trinajstić information content (AvgIpc) is 3.67. The van der Waals surface area contributed by atoms with Gasteiger partial charge >= 0.3 is 6.09 Å². The fourth-order valence-electron chi connectivity index (χ4n) is 5.81. The molecule has 2 fully saturated rings. The Kier molecular flexibility index (Phi) is 7.72. The summed E-state index contributed by atoms with van der Waals surface area (Å²) in [4.78, 5) is 28.8. The predicted molar refractivity (Wildman–Crippen MR) is 168 cm³/mol. The van der Waals surface area contributed by atoms with Crippen LogP contribution in [0.15, 0.2) is 49.1 Å². The highest BCUT2D eigenvalue weighted by atomic mass is 32.2. The third-order valence-electron chi connectivity index (χ3n) is 7.83. The van der Waals surface area contributed by atoms with Gasteiger partial charge in [0.1, 0.15) is 5.60 Å². The number of aromatic nitrogens is 6. The van der Waals surface area contributed by atoms with Crippen LogP contribution in [0.3, 0.4) is 0 Å². The van der Waals surface area contributed by atoms with Crippen molar-refractivity contribution in [1.82, 2.24) is 34.6 Å². The zero-order valence-corrected chi connectivity index (χ0v) is 26.5. The SMILES string of the molecule is CC(C)n1cnc2c(Nc3cnn(C(c4ccccc4)C4CS(=O)(=O)C4)c3)nc(N3CC[C@H](NC(=O)OC(C)(C)C)C3)nc21. The molecule has 2 N–H and O–H groups in total. The van der Waals surface area contributed by atoms with E-state index < -0.39 is 21.5 Å². The van der Waals surface area contributed by atoms with Crippen molar-refractivity contribution in [2.45, 2.75) is 64.8 Å². The summed E-state index contributed by atoms with van der Waals surface area (Å²) >= 11 is 0. The third-order valence-corrected chi connectivity index (χ3v) is 9.70. The number of amides is 1. The first-order valence-electron chi connectivity index (χ1n) is 14.9. The minimum absolute atomic E-state index is 0.0633. The van der Waals surface area contributed by atoms with Crippen molar-refractivity contribution in [3.63, 3.8) is 0 Å². The topological polar surface area (TPSA) is 149 Å². The molecule has 0 radical (unpaired) electrons. The van der Waals surface area contributed by atoms with Crippen LogP contribution in [0.2, 0.25) is 0 Å². The van der Waals surface area contributed by atoms with Gasteiger partial charge in [0.15, 0.2) is 26.8 Å². The number of fused-ring (bicyclic) bond motifs is 1. The van der Waals surface area contributed by atoms with E-state index in [-0.39, 0.29) is 35.5 Å². The summed E-state index contributed by atoms with van der Waals surface area (Å²) in [5.74, 6) is 1.28. The Morgan fingerprint density at radius 2 is 1.86 bits per heavy atom. The lowest BCUT2D eigenvalue weighted by molar-refractivity contribution is 0.0509. The van der Waals surface area contributed by atoms with Crippen molar-refractivity contribution in [2.75, 3.05) is 34.8 Å². The summed E-state index contributed by atoms with van der Waals surface area (Å²) in [7, 11) is -3.01. The van der Waals surface area contributed by atoms with Gasteiger partial charge in [-0.25, -0.2) is 18.2 Å². The second-order valence-electron chi connectivity index (χ2n) is 12.9. The molecule has 2 aliphatic rings. The maximum absolute atomic E-state index is 12.4. The number of sulfone groups is 1. The second-order valence-corrected chi connectivity index (χ2v) is 15.0. The lowest BCUT2D eigenvalue weighted by Crippen LogP contribution is -2.42. The molecule has 1 aromatic carbocycles. The van der Waals surface area contributed by atoms with Crippen molar-refractivity contribution >= 4 is 44.5 Å². The molecule has 1 unspecified atom stereocenters. The number of rotatable bonds is 8. The van der Waals surface area contributed by atoms with Crippen molar-refractivity contribution in [3.05, 3.63) is 54.6 Å². The molecule has 234 valence electrons. The highest BCUT2D eigenvalue weighted by Crippen LogP contribution is 2.36. The molecule has 2 aliphatic heterocycles. The Morgan fingerprint density at radius 3 is 2.55 bits per heavy atom. The molecule has 14 heteroatoms.